The Kier molecular flexibility index (Phi) is 7.54. The first-order chi connectivity index (χ1) is 15.4. The fraction of sp³-hybridized carbons (Fsp3) is 0.115. The van der Waals surface area contributed by atoms with Gasteiger partial charge in [0.25, 0.3) is 11.8 Å². The largest absolute Gasteiger partial charge is 0.378 e. The molecule has 0 aliphatic carbocycles. The van der Waals surface area contributed by atoms with Crippen molar-refractivity contribution in [3.8, 4) is 0 Å². The molecule has 3 aromatic rings. The van der Waals surface area contributed by atoms with Crippen molar-refractivity contribution in [1.82, 2.24) is 10.7 Å². The second-order valence-corrected chi connectivity index (χ2v) is 7.47. The summed E-state index contributed by atoms with van der Waals surface area (Å²) in [7, 11) is 3.91. The van der Waals surface area contributed by atoms with Crippen molar-refractivity contribution < 1.29 is 9.59 Å². The monoisotopic (exact) mass is 426 g/mol. The highest BCUT2D eigenvalue weighted by molar-refractivity contribution is 6.05. The summed E-state index contributed by atoms with van der Waals surface area (Å²) >= 11 is 0. The van der Waals surface area contributed by atoms with Crippen molar-refractivity contribution in [2.75, 3.05) is 19.0 Å². The lowest BCUT2D eigenvalue weighted by Crippen LogP contribution is -2.32. The molecule has 0 heterocycles. The number of hydrogen-bond donors (Lipinski definition) is 2. The Morgan fingerprint density at radius 3 is 2.09 bits per heavy atom. The van der Waals surface area contributed by atoms with Gasteiger partial charge in [0.1, 0.15) is 5.70 Å². The number of anilines is 1. The fourth-order valence-electron chi connectivity index (χ4n) is 2.86. The van der Waals surface area contributed by atoms with Crippen molar-refractivity contribution in [3.05, 3.63) is 107 Å². The number of nitrogens with one attached hydrogen (secondary N) is 2. The summed E-state index contributed by atoms with van der Waals surface area (Å²) in [5.41, 5.74) is 6.84. The van der Waals surface area contributed by atoms with Gasteiger partial charge < -0.3 is 10.2 Å². The number of carbonyl (C=O) groups is 2. The number of amides is 2. The molecule has 162 valence electrons. The highest BCUT2D eigenvalue weighted by Crippen LogP contribution is 2.14. The van der Waals surface area contributed by atoms with E-state index in [2.05, 4.69) is 15.8 Å². The van der Waals surface area contributed by atoms with Crippen molar-refractivity contribution >= 4 is 29.8 Å². The summed E-state index contributed by atoms with van der Waals surface area (Å²) < 4.78 is 0. The number of benzene rings is 3. The van der Waals surface area contributed by atoms with Gasteiger partial charge in [-0.05, 0) is 48.4 Å². The Morgan fingerprint density at radius 1 is 0.844 bits per heavy atom. The smallest absolute Gasteiger partial charge is 0.287 e. The van der Waals surface area contributed by atoms with Crippen LogP contribution in [0.2, 0.25) is 0 Å². The highest BCUT2D eigenvalue weighted by Gasteiger charge is 2.14. The predicted octanol–water partition coefficient (Wildman–Crippen LogP) is 3.98. The van der Waals surface area contributed by atoms with Gasteiger partial charge in [-0.2, -0.15) is 5.10 Å². The first-order valence-corrected chi connectivity index (χ1v) is 10.2. The van der Waals surface area contributed by atoms with E-state index in [1.165, 1.54) is 0 Å². The van der Waals surface area contributed by atoms with Crippen molar-refractivity contribution in [1.29, 1.82) is 0 Å². The zero-order valence-electron chi connectivity index (χ0n) is 18.4. The minimum atomic E-state index is -0.519. The number of hydrazone groups is 1. The van der Waals surface area contributed by atoms with E-state index in [0.717, 1.165) is 22.4 Å². The lowest BCUT2D eigenvalue weighted by Gasteiger charge is -2.12. The predicted molar refractivity (Wildman–Crippen MR) is 130 cm³/mol. The normalized spacial score (nSPS) is 11.3. The summed E-state index contributed by atoms with van der Waals surface area (Å²) in [6, 6.07) is 24.1. The van der Waals surface area contributed by atoms with Crippen LogP contribution in [0.25, 0.3) is 6.08 Å². The van der Waals surface area contributed by atoms with Crippen molar-refractivity contribution in [2.24, 2.45) is 5.10 Å². The van der Waals surface area contributed by atoms with Gasteiger partial charge in [0.15, 0.2) is 0 Å². The third-order valence-corrected chi connectivity index (χ3v) is 4.71. The SMILES string of the molecule is Cc1ccc(/C=N\NC(=O)/C(=C/c2ccc(N(C)C)cc2)NC(=O)c2ccccc2)cc1. The van der Waals surface area contributed by atoms with E-state index in [0.29, 0.717) is 5.56 Å². The number of nitrogens with zero attached hydrogens (tertiary/aromatic N) is 2. The minimum Gasteiger partial charge on any atom is -0.378 e. The second kappa shape index (κ2) is 10.7. The van der Waals surface area contributed by atoms with Crippen LogP contribution in [0.15, 0.2) is 89.7 Å². The second-order valence-electron chi connectivity index (χ2n) is 7.47. The standard InChI is InChI=1S/C26H26N4O2/c1-19-9-11-21(12-10-19)18-27-29-26(32)24(28-25(31)22-7-5-4-6-8-22)17-20-13-15-23(16-14-20)30(2)3/h4-18H,1-3H3,(H,28,31)(H,29,32)/b24-17-,27-18-. The maximum atomic E-state index is 12.8. The van der Waals surface area contributed by atoms with E-state index in [4.69, 9.17) is 0 Å². The van der Waals surface area contributed by atoms with Gasteiger partial charge in [-0.25, -0.2) is 5.43 Å². The molecule has 6 heteroatoms. The molecule has 0 radical (unpaired) electrons. The van der Waals surface area contributed by atoms with Gasteiger partial charge in [-0.15, -0.1) is 0 Å². The molecule has 0 saturated heterocycles. The molecule has 0 fully saturated rings. The van der Waals surface area contributed by atoms with E-state index in [1.807, 2.05) is 80.5 Å². The number of hydrogen-bond acceptors (Lipinski definition) is 4. The summed E-state index contributed by atoms with van der Waals surface area (Å²) in [6.45, 7) is 2.00. The van der Waals surface area contributed by atoms with Crippen LogP contribution in [-0.4, -0.2) is 32.1 Å². The Morgan fingerprint density at radius 2 is 1.47 bits per heavy atom. The molecular weight excluding hydrogens is 400 g/mol. The van der Waals surface area contributed by atoms with Gasteiger partial charge in [-0.3, -0.25) is 9.59 Å². The van der Waals surface area contributed by atoms with E-state index in [-0.39, 0.29) is 11.6 Å². The lowest BCUT2D eigenvalue weighted by molar-refractivity contribution is -0.117. The van der Waals surface area contributed by atoms with Crippen LogP contribution in [-0.2, 0) is 4.79 Å². The molecule has 2 N–H and O–H groups in total. The summed E-state index contributed by atoms with van der Waals surface area (Å²) in [4.78, 5) is 27.4. The van der Waals surface area contributed by atoms with E-state index in [9.17, 15) is 9.59 Å². The lowest BCUT2D eigenvalue weighted by atomic mass is 10.1. The van der Waals surface area contributed by atoms with E-state index < -0.39 is 5.91 Å². The minimum absolute atomic E-state index is 0.0949. The molecule has 0 unspecified atom stereocenters. The Hall–Kier alpha value is -4.19. The van der Waals surface area contributed by atoms with Crippen LogP contribution in [0.5, 0.6) is 0 Å². The van der Waals surface area contributed by atoms with Gasteiger partial charge >= 0.3 is 0 Å². The Labute approximate surface area is 188 Å². The van der Waals surface area contributed by atoms with Crippen LogP contribution in [0.4, 0.5) is 5.69 Å². The van der Waals surface area contributed by atoms with Crippen molar-refractivity contribution in [2.45, 2.75) is 6.92 Å². The van der Waals surface area contributed by atoms with Crippen molar-refractivity contribution in [3.63, 3.8) is 0 Å². The number of aryl methyl sites for hydroxylation is 1. The third-order valence-electron chi connectivity index (χ3n) is 4.71. The quantitative estimate of drug-likeness (QED) is 0.341. The first kappa shape index (κ1) is 22.5. The molecule has 0 aliphatic heterocycles. The molecule has 0 aliphatic rings. The number of rotatable bonds is 7. The van der Waals surface area contributed by atoms with Gasteiger partial charge in [0.2, 0.25) is 0 Å². The molecule has 3 rings (SSSR count). The molecule has 6 nitrogen and oxygen atoms in total. The molecule has 2 amide bonds. The van der Waals surface area contributed by atoms with E-state index in [1.54, 1.807) is 36.6 Å². The molecule has 32 heavy (non-hydrogen) atoms. The van der Waals surface area contributed by atoms with Gasteiger partial charge in [0, 0.05) is 25.3 Å². The molecule has 0 spiro atoms. The fourth-order valence-corrected chi connectivity index (χ4v) is 2.86. The zero-order chi connectivity index (χ0) is 22.9. The number of carbonyl (C=O) groups excluding carboxylic acids is 2. The van der Waals surface area contributed by atoms with Crippen LogP contribution < -0.4 is 15.6 Å². The molecule has 0 saturated carbocycles. The summed E-state index contributed by atoms with van der Waals surface area (Å²) in [5, 5.41) is 6.73. The van der Waals surface area contributed by atoms with Crippen LogP contribution in [0, 0.1) is 6.92 Å². The molecular formula is C26H26N4O2. The maximum Gasteiger partial charge on any atom is 0.287 e. The average Bonchev–Trinajstić information content (AvgIpc) is 2.80. The summed E-state index contributed by atoms with van der Waals surface area (Å²) in [5.74, 6) is -0.895. The molecule has 0 aromatic heterocycles. The first-order valence-electron chi connectivity index (χ1n) is 10.2. The van der Waals surface area contributed by atoms with E-state index >= 15 is 0 Å². The Balaban J connectivity index is 1.80. The van der Waals surface area contributed by atoms with Gasteiger partial charge in [-0.1, -0.05) is 60.2 Å². The molecule has 0 bridgehead atoms. The molecule has 0 atom stereocenters. The van der Waals surface area contributed by atoms with Crippen LogP contribution in [0.1, 0.15) is 27.0 Å². The van der Waals surface area contributed by atoms with Crippen LogP contribution >= 0.6 is 0 Å². The summed E-state index contributed by atoms with van der Waals surface area (Å²) in [6.07, 6.45) is 3.18. The Bertz CT molecular complexity index is 1120. The topological polar surface area (TPSA) is 73.8 Å². The maximum absolute atomic E-state index is 12.8. The van der Waals surface area contributed by atoms with Crippen LogP contribution in [0.3, 0.4) is 0 Å². The highest BCUT2D eigenvalue weighted by atomic mass is 16.2. The average molecular weight is 427 g/mol. The van der Waals surface area contributed by atoms with Gasteiger partial charge in [0.05, 0.1) is 6.21 Å². The molecule has 3 aromatic carbocycles. The zero-order valence-corrected chi connectivity index (χ0v) is 18.4. The third kappa shape index (κ3) is 6.40.